The van der Waals surface area contributed by atoms with Crippen LogP contribution in [0.5, 0.6) is 0 Å². The molecule has 2 N–H and O–H groups in total. The van der Waals surface area contributed by atoms with Crippen molar-refractivity contribution in [3.63, 3.8) is 0 Å². The first-order valence-electron chi connectivity index (χ1n) is 11.9. The SMILES string of the molecule is CC1CC2C3CC(F)C4=CC(=O)C=CC4(C)C3(F)C(O)CC2(C)C1(O)C(=O)SC1CCOC1=O. The lowest BCUT2D eigenvalue weighted by Crippen LogP contribution is -2.70. The summed E-state index contributed by atoms with van der Waals surface area (Å²) >= 11 is 0.747. The van der Waals surface area contributed by atoms with Crippen LogP contribution in [0.25, 0.3) is 0 Å². The number of aliphatic hydroxyl groups excluding tert-OH is 1. The number of rotatable bonds is 2. The van der Waals surface area contributed by atoms with Crippen molar-refractivity contribution in [2.75, 3.05) is 6.61 Å². The Morgan fingerprint density at radius 2 is 1.94 bits per heavy atom. The maximum Gasteiger partial charge on any atom is 0.319 e. The van der Waals surface area contributed by atoms with E-state index in [0.29, 0.717) is 6.42 Å². The van der Waals surface area contributed by atoms with Crippen LogP contribution in [-0.2, 0) is 19.1 Å². The maximum absolute atomic E-state index is 17.1. The van der Waals surface area contributed by atoms with E-state index in [9.17, 15) is 24.6 Å². The zero-order chi connectivity index (χ0) is 24.8. The first-order valence-corrected chi connectivity index (χ1v) is 12.7. The molecular formula is C25H30F2O6S. The van der Waals surface area contributed by atoms with Crippen LogP contribution in [0.4, 0.5) is 8.78 Å². The molecule has 0 aromatic carbocycles. The fraction of sp³-hybridized carbons (Fsp3) is 0.720. The normalized spacial score (nSPS) is 51.9. The third-order valence-electron chi connectivity index (χ3n) is 9.66. The van der Waals surface area contributed by atoms with Crippen molar-refractivity contribution in [3.8, 4) is 0 Å². The van der Waals surface area contributed by atoms with Crippen LogP contribution >= 0.6 is 11.8 Å². The molecule has 5 aliphatic rings. The van der Waals surface area contributed by atoms with Crippen molar-refractivity contribution in [3.05, 3.63) is 23.8 Å². The number of carbonyl (C=O) groups excluding carboxylic acids is 3. The van der Waals surface area contributed by atoms with Gasteiger partial charge < -0.3 is 14.9 Å². The zero-order valence-electron chi connectivity index (χ0n) is 19.4. The minimum absolute atomic E-state index is 0.0362. The first kappa shape index (κ1) is 24.1. The number of fused-ring (bicyclic) bond motifs is 5. The summed E-state index contributed by atoms with van der Waals surface area (Å²) < 4.78 is 37.5. The standard InChI is InChI=1S/C25H30F2O6S/c1-12-8-14-15-10-17(26)16-9-13(28)4-6-22(16,2)24(15,27)19(29)11-23(14,3)25(12,32)21(31)34-18-5-7-33-20(18)30/h4,6,9,12,14-15,17-19,29,32H,5,7-8,10-11H2,1-3H3. The summed E-state index contributed by atoms with van der Waals surface area (Å²) in [6, 6.07) is 0. The quantitative estimate of drug-likeness (QED) is 0.567. The number of thioether (sulfide) groups is 1. The predicted octanol–water partition coefficient (Wildman–Crippen LogP) is 2.86. The molecule has 0 radical (unpaired) electrons. The van der Waals surface area contributed by atoms with E-state index in [-0.39, 0.29) is 31.4 Å². The van der Waals surface area contributed by atoms with E-state index < -0.39 is 74.2 Å². The van der Waals surface area contributed by atoms with E-state index in [1.54, 1.807) is 13.8 Å². The van der Waals surface area contributed by atoms with Crippen LogP contribution in [0.15, 0.2) is 23.8 Å². The molecule has 0 aromatic rings. The molecule has 186 valence electrons. The molecule has 0 aromatic heterocycles. The van der Waals surface area contributed by atoms with Gasteiger partial charge in [-0.1, -0.05) is 31.7 Å². The molecule has 4 aliphatic carbocycles. The lowest BCUT2D eigenvalue weighted by atomic mass is 9.44. The summed E-state index contributed by atoms with van der Waals surface area (Å²) in [7, 11) is 0. The zero-order valence-corrected chi connectivity index (χ0v) is 20.2. The summed E-state index contributed by atoms with van der Waals surface area (Å²) in [6.45, 7) is 5.12. The molecule has 5 rings (SSSR count). The summed E-state index contributed by atoms with van der Waals surface area (Å²) in [5.41, 5.74) is -6.88. The van der Waals surface area contributed by atoms with Crippen LogP contribution in [0.3, 0.4) is 0 Å². The molecule has 10 atom stereocenters. The van der Waals surface area contributed by atoms with Gasteiger partial charge in [0.15, 0.2) is 11.5 Å². The number of carbonyl (C=O) groups is 3. The largest absolute Gasteiger partial charge is 0.465 e. The lowest BCUT2D eigenvalue weighted by molar-refractivity contribution is -0.221. The van der Waals surface area contributed by atoms with Crippen molar-refractivity contribution < 1.29 is 38.1 Å². The van der Waals surface area contributed by atoms with Crippen molar-refractivity contribution in [2.45, 2.75) is 75.2 Å². The Balaban J connectivity index is 1.55. The number of allylic oxidation sites excluding steroid dienone is 4. The fourth-order valence-corrected chi connectivity index (χ4v) is 9.03. The predicted molar refractivity (Wildman–Crippen MR) is 120 cm³/mol. The van der Waals surface area contributed by atoms with E-state index in [1.165, 1.54) is 19.1 Å². The van der Waals surface area contributed by atoms with E-state index >= 15 is 8.78 Å². The number of ether oxygens (including phenoxy) is 1. The van der Waals surface area contributed by atoms with Crippen molar-refractivity contribution >= 4 is 28.6 Å². The number of aliphatic hydroxyl groups is 2. The molecule has 0 amide bonds. The third-order valence-corrected chi connectivity index (χ3v) is 10.9. The Morgan fingerprint density at radius 1 is 1.24 bits per heavy atom. The topological polar surface area (TPSA) is 101 Å². The van der Waals surface area contributed by atoms with Crippen molar-refractivity contribution in [1.29, 1.82) is 0 Å². The van der Waals surface area contributed by atoms with Crippen LogP contribution in [0.2, 0.25) is 0 Å². The van der Waals surface area contributed by atoms with Gasteiger partial charge in [0.05, 0.1) is 12.7 Å². The third kappa shape index (κ3) is 2.77. The lowest BCUT2D eigenvalue weighted by Gasteiger charge is -2.63. The van der Waals surface area contributed by atoms with Crippen LogP contribution in [0, 0.1) is 28.6 Å². The van der Waals surface area contributed by atoms with Gasteiger partial charge in [0.25, 0.3) is 0 Å². The number of halogens is 2. The average molecular weight is 497 g/mol. The second kappa shape index (κ2) is 7.46. The van der Waals surface area contributed by atoms with E-state index in [0.717, 1.165) is 17.8 Å². The minimum Gasteiger partial charge on any atom is -0.465 e. The molecule has 0 spiro atoms. The molecule has 3 saturated carbocycles. The molecule has 1 saturated heterocycles. The average Bonchev–Trinajstić information content (AvgIpc) is 3.26. The van der Waals surface area contributed by atoms with Gasteiger partial charge in [-0.2, -0.15) is 0 Å². The number of alkyl halides is 2. The van der Waals surface area contributed by atoms with Gasteiger partial charge in [-0.15, -0.1) is 0 Å². The van der Waals surface area contributed by atoms with Gasteiger partial charge in [0.2, 0.25) is 5.12 Å². The number of ketones is 1. The highest BCUT2D eigenvalue weighted by Crippen LogP contribution is 2.71. The molecule has 6 nitrogen and oxygen atoms in total. The second-order valence-corrected chi connectivity index (χ2v) is 12.3. The number of cyclic esters (lactones) is 1. The summed E-state index contributed by atoms with van der Waals surface area (Å²) in [4.78, 5) is 37.3. The number of hydrogen-bond acceptors (Lipinski definition) is 7. The van der Waals surface area contributed by atoms with Gasteiger partial charge in [0.1, 0.15) is 17.0 Å². The van der Waals surface area contributed by atoms with E-state index in [2.05, 4.69) is 0 Å². The highest BCUT2D eigenvalue weighted by Gasteiger charge is 2.76. The minimum atomic E-state index is -2.26. The highest BCUT2D eigenvalue weighted by atomic mass is 32.2. The summed E-state index contributed by atoms with van der Waals surface area (Å²) in [5.74, 6) is -3.05. The molecule has 34 heavy (non-hydrogen) atoms. The van der Waals surface area contributed by atoms with E-state index in [4.69, 9.17) is 4.74 Å². The Morgan fingerprint density at radius 3 is 2.59 bits per heavy atom. The van der Waals surface area contributed by atoms with Gasteiger partial charge in [-0.25, -0.2) is 8.78 Å². The second-order valence-electron chi connectivity index (χ2n) is 11.1. The highest BCUT2D eigenvalue weighted by molar-refractivity contribution is 8.14. The number of hydrogen-bond donors (Lipinski definition) is 2. The fourth-order valence-electron chi connectivity index (χ4n) is 7.78. The maximum atomic E-state index is 17.1. The summed E-state index contributed by atoms with van der Waals surface area (Å²) in [6.07, 6.45) is 0.749. The van der Waals surface area contributed by atoms with E-state index in [1.807, 2.05) is 0 Å². The Labute approximate surface area is 201 Å². The molecule has 9 heteroatoms. The number of esters is 1. The molecule has 10 unspecified atom stereocenters. The van der Waals surface area contributed by atoms with Gasteiger partial charge in [-0.05, 0) is 55.7 Å². The monoisotopic (exact) mass is 496 g/mol. The smallest absolute Gasteiger partial charge is 0.319 e. The van der Waals surface area contributed by atoms with Crippen LogP contribution < -0.4 is 0 Å². The molecular weight excluding hydrogens is 466 g/mol. The van der Waals surface area contributed by atoms with Crippen LogP contribution in [-0.4, -0.2) is 62.5 Å². The van der Waals surface area contributed by atoms with Crippen molar-refractivity contribution in [2.24, 2.45) is 28.6 Å². The van der Waals surface area contributed by atoms with Gasteiger partial charge in [-0.3, -0.25) is 14.4 Å². The van der Waals surface area contributed by atoms with Gasteiger partial charge in [0, 0.05) is 23.2 Å². The first-order chi connectivity index (χ1) is 15.8. The molecule has 0 bridgehead atoms. The Kier molecular flexibility index (Phi) is 5.30. The van der Waals surface area contributed by atoms with Gasteiger partial charge >= 0.3 is 5.97 Å². The Bertz CT molecular complexity index is 1030. The molecule has 4 fully saturated rings. The molecule has 1 heterocycles. The molecule has 1 aliphatic heterocycles. The van der Waals surface area contributed by atoms with Crippen LogP contribution in [0.1, 0.15) is 46.5 Å². The van der Waals surface area contributed by atoms with Crippen molar-refractivity contribution in [1.82, 2.24) is 0 Å². The Hall–Kier alpha value is -1.58. The summed E-state index contributed by atoms with van der Waals surface area (Å²) in [5, 5.41) is 21.9.